The Morgan fingerprint density at radius 2 is 1.86 bits per heavy atom. The summed E-state index contributed by atoms with van der Waals surface area (Å²) in [5.41, 5.74) is 11.5. The Hall–Kier alpha value is -3.50. The van der Waals surface area contributed by atoms with Gasteiger partial charge in [-0.2, -0.15) is 0 Å². The summed E-state index contributed by atoms with van der Waals surface area (Å²) >= 11 is 0. The zero-order valence-corrected chi connectivity index (χ0v) is 21.1. The number of nitrogens with zero attached hydrogens (tertiary/aromatic N) is 1. The number of benzene rings is 2. The number of rotatable bonds is 14. The molecule has 0 aromatic heterocycles. The quantitative estimate of drug-likeness (QED) is 0.272. The first-order valence-electron chi connectivity index (χ1n) is 12.8. The van der Waals surface area contributed by atoms with Crippen LogP contribution in [0.5, 0.6) is 0 Å². The maximum absolute atomic E-state index is 13.3. The van der Waals surface area contributed by atoms with Crippen molar-refractivity contribution < 1.29 is 23.9 Å². The van der Waals surface area contributed by atoms with Gasteiger partial charge in [0, 0.05) is 13.1 Å². The van der Waals surface area contributed by atoms with Gasteiger partial charge in [0.2, 0.25) is 23.6 Å². The van der Waals surface area contributed by atoms with E-state index in [2.05, 4.69) is 10.6 Å². The fourth-order valence-corrected chi connectivity index (χ4v) is 4.62. The Kier molecular flexibility index (Phi) is 10.8. The lowest BCUT2D eigenvalue weighted by atomic mass is 10.0. The van der Waals surface area contributed by atoms with Crippen molar-refractivity contribution >= 4 is 34.4 Å². The molecule has 0 radical (unpaired) electrons. The molecule has 1 aliphatic heterocycles. The molecule has 2 aromatic rings. The Morgan fingerprint density at radius 1 is 1.08 bits per heavy atom. The third kappa shape index (κ3) is 8.26. The van der Waals surface area contributed by atoms with Crippen molar-refractivity contribution in [1.29, 1.82) is 0 Å². The fourth-order valence-electron chi connectivity index (χ4n) is 4.62. The van der Waals surface area contributed by atoms with Crippen LogP contribution >= 0.6 is 0 Å². The zero-order chi connectivity index (χ0) is 26.6. The maximum Gasteiger partial charge on any atom is 0.243 e. The van der Waals surface area contributed by atoms with E-state index in [9.17, 15) is 19.2 Å². The number of primary amides is 1. The molecule has 3 rings (SSSR count). The van der Waals surface area contributed by atoms with Crippen LogP contribution in [-0.2, 0) is 30.3 Å². The summed E-state index contributed by atoms with van der Waals surface area (Å²) in [5, 5.41) is 7.66. The number of amides is 4. The monoisotopic (exact) mass is 511 g/mol. The van der Waals surface area contributed by atoms with Gasteiger partial charge in [0.25, 0.3) is 0 Å². The van der Waals surface area contributed by atoms with Gasteiger partial charge in [0.1, 0.15) is 18.7 Å². The van der Waals surface area contributed by atoms with E-state index >= 15 is 0 Å². The average molecular weight is 512 g/mol. The minimum absolute atomic E-state index is 0.107. The van der Waals surface area contributed by atoms with E-state index in [1.165, 1.54) is 0 Å². The van der Waals surface area contributed by atoms with Crippen molar-refractivity contribution in [1.82, 2.24) is 15.5 Å². The van der Waals surface area contributed by atoms with Crippen LogP contribution < -0.4 is 22.1 Å². The summed E-state index contributed by atoms with van der Waals surface area (Å²) in [6.07, 6.45) is 3.29. The van der Waals surface area contributed by atoms with Crippen LogP contribution in [0.15, 0.2) is 42.5 Å². The number of carbonyl (C=O) groups excluding carboxylic acids is 4. The molecule has 37 heavy (non-hydrogen) atoms. The number of carbonyl (C=O) groups is 4. The molecular formula is C27H37N5O5. The highest BCUT2D eigenvalue weighted by Gasteiger charge is 2.35. The zero-order valence-electron chi connectivity index (χ0n) is 21.1. The molecule has 2 aromatic carbocycles. The molecule has 6 N–H and O–H groups in total. The largest absolute Gasteiger partial charge is 0.370 e. The highest BCUT2D eigenvalue weighted by Crippen LogP contribution is 2.23. The molecule has 1 saturated heterocycles. The molecule has 2 atom stereocenters. The number of likely N-dealkylation sites (tertiary alicyclic amines) is 1. The summed E-state index contributed by atoms with van der Waals surface area (Å²) in [6, 6.07) is 12.4. The van der Waals surface area contributed by atoms with Gasteiger partial charge in [-0.05, 0) is 55.0 Å². The molecule has 1 aliphatic rings. The third-order valence-electron chi connectivity index (χ3n) is 6.47. The molecule has 0 saturated carbocycles. The lowest BCUT2D eigenvalue weighted by molar-refractivity contribution is -0.139. The Balaban J connectivity index is 1.61. The molecule has 0 spiro atoms. The molecule has 200 valence electrons. The first-order chi connectivity index (χ1) is 17.9. The number of ether oxygens (including phenoxy) is 1. The van der Waals surface area contributed by atoms with Crippen LogP contribution in [0.2, 0.25) is 0 Å². The number of unbranched alkanes of at least 4 members (excludes halogenated alkanes) is 1. The van der Waals surface area contributed by atoms with E-state index in [0.717, 1.165) is 29.2 Å². The molecule has 10 heteroatoms. The topological polar surface area (TPSA) is 157 Å². The van der Waals surface area contributed by atoms with E-state index < -0.39 is 18.0 Å². The van der Waals surface area contributed by atoms with Crippen molar-refractivity contribution in [3.8, 4) is 0 Å². The molecule has 2 unspecified atom stereocenters. The first kappa shape index (κ1) is 28.1. The second kappa shape index (κ2) is 14.3. The Bertz CT molecular complexity index is 1090. The highest BCUT2D eigenvalue weighted by molar-refractivity contribution is 5.94. The van der Waals surface area contributed by atoms with Crippen molar-refractivity contribution in [2.24, 2.45) is 11.5 Å². The van der Waals surface area contributed by atoms with Crippen molar-refractivity contribution in [2.75, 3.05) is 32.8 Å². The third-order valence-corrected chi connectivity index (χ3v) is 6.47. The summed E-state index contributed by atoms with van der Waals surface area (Å²) in [5.74, 6) is -1.37. The number of fused-ring (bicyclic) bond motifs is 1. The smallest absolute Gasteiger partial charge is 0.243 e. The van der Waals surface area contributed by atoms with Crippen LogP contribution in [0.1, 0.15) is 37.7 Å². The number of nitrogens with one attached hydrogen (secondary N) is 2. The molecule has 1 fully saturated rings. The van der Waals surface area contributed by atoms with Crippen LogP contribution in [0.3, 0.4) is 0 Å². The van der Waals surface area contributed by atoms with E-state index in [1.54, 1.807) is 4.90 Å². The summed E-state index contributed by atoms with van der Waals surface area (Å²) in [6.45, 7) is 1.06. The molecule has 0 aliphatic carbocycles. The normalized spacial score (nSPS) is 15.9. The minimum Gasteiger partial charge on any atom is -0.370 e. The second-order valence-electron chi connectivity index (χ2n) is 9.22. The number of hydrogen-bond donors (Lipinski definition) is 4. The standard InChI is InChI=1S/C27H37N5O5/c28-13-4-3-11-22(26(35)30-14-16-37-18-24(29)33)31-27(36)23-12-6-15-32(23)25(34)17-20-9-5-8-19-7-1-2-10-21(19)20/h1-2,5,7-10,22-23H,3-4,6,11-18,28H2,(H2,29,33)(H,30,35)(H,31,36). The number of hydrogen-bond acceptors (Lipinski definition) is 6. The van der Waals surface area contributed by atoms with E-state index in [-0.39, 0.29) is 43.9 Å². The van der Waals surface area contributed by atoms with Gasteiger partial charge in [-0.1, -0.05) is 42.5 Å². The van der Waals surface area contributed by atoms with E-state index in [1.807, 2.05) is 42.5 Å². The lowest BCUT2D eigenvalue weighted by Gasteiger charge is -2.26. The molecular weight excluding hydrogens is 474 g/mol. The van der Waals surface area contributed by atoms with Crippen LogP contribution in [0.4, 0.5) is 0 Å². The van der Waals surface area contributed by atoms with Gasteiger partial charge >= 0.3 is 0 Å². The summed E-state index contributed by atoms with van der Waals surface area (Å²) < 4.78 is 5.06. The number of nitrogens with two attached hydrogens (primary N) is 2. The second-order valence-corrected chi connectivity index (χ2v) is 9.22. The predicted octanol–water partition coefficient (Wildman–Crippen LogP) is 0.605. The predicted molar refractivity (Wildman–Crippen MR) is 140 cm³/mol. The van der Waals surface area contributed by atoms with Crippen molar-refractivity contribution in [2.45, 2.75) is 50.6 Å². The molecule has 1 heterocycles. The van der Waals surface area contributed by atoms with E-state index in [4.69, 9.17) is 16.2 Å². The first-order valence-corrected chi connectivity index (χ1v) is 12.8. The van der Waals surface area contributed by atoms with Gasteiger partial charge in [-0.25, -0.2) is 0 Å². The molecule has 0 bridgehead atoms. The summed E-state index contributed by atoms with van der Waals surface area (Å²) in [7, 11) is 0. The highest BCUT2D eigenvalue weighted by atomic mass is 16.5. The Morgan fingerprint density at radius 3 is 2.65 bits per heavy atom. The maximum atomic E-state index is 13.3. The van der Waals surface area contributed by atoms with Crippen molar-refractivity contribution in [3.05, 3.63) is 48.0 Å². The van der Waals surface area contributed by atoms with Gasteiger partial charge in [-0.3, -0.25) is 19.2 Å². The fraction of sp³-hybridized carbons (Fsp3) is 0.481. The summed E-state index contributed by atoms with van der Waals surface area (Å²) in [4.78, 5) is 51.7. The molecule has 10 nitrogen and oxygen atoms in total. The van der Waals surface area contributed by atoms with Gasteiger partial charge in [0.15, 0.2) is 0 Å². The van der Waals surface area contributed by atoms with Gasteiger partial charge in [-0.15, -0.1) is 0 Å². The van der Waals surface area contributed by atoms with Gasteiger partial charge in [0.05, 0.1) is 13.0 Å². The van der Waals surface area contributed by atoms with E-state index in [0.29, 0.717) is 32.4 Å². The lowest BCUT2D eigenvalue weighted by Crippen LogP contribution is -2.53. The minimum atomic E-state index is -0.759. The van der Waals surface area contributed by atoms with Crippen molar-refractivity contribution in [3.63, 3.8) is 0 Å². The van der Waals surface area contributed by atoms with Crippen LogP contribution in [0.25, 0.3) is 10.8 Å². The Labute approximate surface area is 217 Å². The van der Waals surface area contributed by atoms with Crippen LogP contribution in [0, 0.1) is 0 Å². The SMILES string of the molecule is NCCCCC(NC(=O)C1CCCN1C(=O)Cc1cccc2ccccc12)C(=O)NCCOCC(N)=O. The van der Waals surface area contributed by atoms with Crippen LogP contribution in [-0.4, -0.2) is 73.5 Å². The average Bonchev–Trinajstić information content (AvgIpc) is 3.38. The van der Waals surface area contributed by atoms with Gasteiger partial charge < -0.3 is 31.7 Å². The molecule has 4 amide bonds.